The normalized spacial score (nSPS) is 11.0. The van der Waals surface area contributed by atoms with E-state index >= 15 is 0 Å². The number of hydrogen-bond donors (Lipinski definition) is 0. The summed E-state index contributed by atoms with van der Waals surface area (Å²) in [5, 5.41) is 4.51. The maximum Gasteiger partial charge on any atom is 0.339 e. The summed E-state index contributed by atoms with van der Waals surface area (Å²) in [7, 11) is 1.42. The second-order valence-corrected chi connectivity index (χ2v) is 7.49. The minimum absolute atomic E-state index is 0.0809. The van der Waals surface area contributed by atoms with Crippen molar-refractivity contribution in [3.05, 3.63) is 89.9 Å². The molecule has 2 aromatic carbocycles. The van der Waals surface area contributed by atoms with Gasteiger partial charge in [0.1, 0.15) is 18.1 Å². The quantitative estimate of drug-likeness (QED) is 0.303. The van der Waals surface area contributed by atoms with E-state index in [1.807, 2.05) is 49.5 Å². The predicted molar refractivity (Wildman–Crippen MR) is 124 cm³/mol. The third kappa shape index (κ3) is 4.96. The Labute approximate surface area is 195 Å². The molecule has 0 aliphatic rings. The molecule has 0 N–H and O–H groups in total. The number of aryl methyl sites for hydroxylation is 1. The summed E-state index contributed by atoms with van der Waals surface area (Å²) >= 11 is 0. The maximum absolute atomic E-state index is 13.4. The number of benzene rings is 2. The van der Waals surface area contributed by atoms with Crippen LogP contribution in [0.4, 0.5) is 8.78 Å². The van der Waals surface area contributed by atoms with E-state index in [0.717, 1.165) is 11.1 Å². The lowest BCUT2D eigenvalue weighted by molar-refractivity contribution is 0.0473. The van der Waals surface area contributed by atoms with Gasteiger partial charge in [-0.3, -0.25) is 9.67 Å². The summed E-state index contributed by atoms with van der Waals surface area (Å²) in [4.78, 5) is 16.9. The van der Waals surface area contributed by atoms with Crippen molar-refractivity contribution in [2.45, 2.75) is 26.5 Å². The number of carbonyl (C=O) groups excluding carboxylic acids is 1. The van der Waals surface area contributed by atoms with Crippen LogP contribution in [0.15, 0.2) is 73.1 Å². The number of methoxy groups -OCH3 is 1. The number of nitrogens with zero attached hydrogens (tertiary/aromatic N) is 3. The van der Waals surface area contributed by atoms with Crippen LogP contribution < -0.4 is 4.74 Å². The van der Waals surface area contributed by atoms with Crippen molar-refractivity contribution in [2.75, 3.05) is 7.11 Å². The first kappa shape index (κ1) is 23.1. The summed E-state index contributed by atoms with van der Waals surface area (Å²) in [6, 6.07) is 17.5. The minimum Gasteiger partial charge on any atom is -0.494 e. The summed E-state index contributed by atoms with van der Waals surface area (Å²) in [6.07, 6.45) is 0.300. The Morgan fingerprint density at radius 1 is 1.06 bits per heavy atom. The summed E-state index contributed by atoms with van der Waals surface area (Å²) in [5.74, 6) is -0.320. The average Bonchev–Trinajstić information content (AvgIpc) is 3.36. The molecule has 0 saturated carbocycles. The molecule has 0 saturated heterocycles. The van der Waals surface area contributed by atoms with Gasteiger partial charge in [-0.2, -0.15) is 5.10 Å². The molecular formula is C26H23F2N3O3. The van der Waals surface area contributed by atoms with E-state index in [2.05, 4.69) is 10.1 Å². The number of halogens is 2. The summed E-state index contributed by atoms with van der Waals surface area (Å²) < 4.78 is 39.6. The number of rotatable bonds is 8. The van der Waals surface area contributed by atoms with Gasteiger partial charge in [0.2, 0.25) is 0 Å². The van der Waals surface area contributed by atoms with E-state index in [4.69, 9.17) is 9.47 Å². The third-order valence-corrected chi connectivity index (χ3v) is 5.33. The van der Waals surface area contributed by atoms with E-state index in [0.29, 0.717) is 23.4 Å². The predicted octanol–water partition coefficient (Wildman–Crippen LogP) is 5.94. The van der Waals surface area contributed by atoms with Crippen molar-refractivity contribution in [1.82, 2.24) is 14.8 Å². The van der Waals surface area contributed by atoms with Gasteiger partial charge >= 0.3 is 5.97 Å². The molecule has 8 heteroatoms. The fourth-order valence-corrected chi connectivity index (χ4v) is 3.55. The number of alkyl halides is 2. The fourth-order valence-electron chi connectivity index (χ4n) is 3.55. The van der Waals surface area contributed by atoms with Gasteiger partial charge in [0.25, 0.3) is 6.43 Å². The molecule has 6 nitrogen and oxygen atoms in total. The first-order valence-corrected chi connectivity index (χ1v) is 10.7. The van der Waals surface area contributed by atoms with Gasteiger partial charge in [-0.15, -0.1) is 0 Å². The zero-order valence-electron chi connectivity index (χ0n) is 18.7. The van der Waals surface area contributed by atoms with Crippen molar-refractivity contribution in [3.8, 4) is 28.1 Å². The van der Waals surface area contributed by atoms with Crippen LogP contribution >= 0.6 is 0 Å². The van der Waals surface area contributed by atoms with E-state index in [9.17, 15) is 13.6 Å². The Kier molecular flexibility index (Phi) is 6.96. The van der Waals surface area contributed by atoms with E-state index in [1.54, 1.807) is 22.9 Å². The molecule has 4 aromatic rings. The molecule has 2 aromatic heterocycles. The van der Waals surface area contributed by atoms with E-state index in [-0.39, 0.29) is 17.9 Å². The molecule has 0 atom stereocenters. The molecule has 0 bridgehead atoms. The Hall–Kier alpha value is -4.07. The molecular weight excluding hydrogens is 440 g/mol. The Balaban J connectivity index is 1.80. The van der Waals surface area contributed by atoms with Crippen LogP contribution in [-0.2, 0) is 17.9 Å². The number of aromatic nitrogens is 3. The van der Waals surface area contributed by atoms with Gasteiger partial charge in [0.15, 0.2) is 0 Å². The summed E-state index contributed by atoms with van der Waals surface area (Å²) in [5.41, 5.74) is 2.76. The molecule has 0 fully saturated rings. The van der Waals surface area contributed by atoms with Crippen molar-refractivity contribution >= 4 is 5.97 Å². The number of pyridine rings is 1. The van der Waals surface area contributed by atoms with Crippen molar-refractivity contribution in [3.63, 3.8) is 0 Å². The largest absolute Gasteiger partial charge is 0.494 e. The molecule has 0 unspecified atom stereocenters. The van der Waals surface area contributed by atoms with Gasteiger partial charge in [0.05, 0.1) is 24.6 Å². The van der Waals surface area contributed by atoms with Crippen LogP contribution in [0.1, 0.15) is 35.0 Å². The first-order valence-electron chi connectivity index (χ1n) is 10.7. The van der Waals surface area contributed by atoms with Crippen LogP contribution in [0.5, 0.6) is 5.75 Å². The van der Waals surface area contributed by atoms with Crippen molar-refractivity contribution < 1.29 is 23.0 Å². The van der Waals surface area contributed by atoms with Gasteiger partial charge in [-0.25, -0.2) is 13.6 Å². The average molecular weight is 463 g/mol. The van der Waals surface area contributed by atoms with Crippen LogP contribution in [0.2, 0.25) is 0 Å². The molecule has 0 amide bonds. The SMILES string of the molecule is CCn1ccc(-c2ccc(C(=O)OCc3ccccc3)c(-c3cc(C(F)F)ncc3OC)c2)n1. The van der Waals surface area contributed by atoms with Crippen molar-refractivity contribution in [2.24, 2.45) is 0 Å². The highest BCUT2D eigenvalue weighted by Gasteiger charge is 2.21. The fraction of sp³-hybridized carbons (Fsp3) is 0.192. The highest BCUT2D eigenvalue weighted by molar-refractivity contribution is 5.99. The zero-order chi connectivity index (χ0) is 24.1. The van der Waals surface area contributed by atoms with Gasteiger partial charge < -0.3 is 9.47 Å². The highest BCUT2D eigenvalue weighted by atomic mass is 19.3. The summed E-state index contributed by atoms with van der Waals surface area (Å²) in [6.45, 7) is 2.76. The van der Waals surface area contributed by atoms with Crippen LogP contribution in [0.3, 0.4) is 0 Å². The molecule has 0 radical (unpaired) electrons. The highest BCUT2D eigenvalue weighted by Crippen LogP contribution is 2.37. The second kappa shape index (κ2) is 10.2. The number of esters is 1. The standard InChI is InChI=1S/C26H23F2N3O3/c1-3-31-12-11-22(30-31)18-9-10-19(26(32)34-16-17-7-5-4-6-8-17)20(13-18)21-14-23(25(27)28)29-15-24(21)33-2/h4-15,25H,3,16H2,1-2H3. The van der Waals surface area contributed by atoms with Crippen LogP contribution in [0.25, 0.3) is 22.4 Å². The van der Waals surface area contributed by atoms with Gasteiger partial charge in [0, 0.05) is 29.4 Å². The second-order valence-electron chi connectivity index (χ2n) is 7.49. The van der Waals surface area contributed by atoms with Gasteiger partial charge in [-0.1, -0.05) is 36.4 Å². The third-order valence-electron chi connectivity index (χ3n) is 5.33. The lowest BCUT2D eigenvalue weighted by Crippen LogP contribution is -2.08. The van der Waals surface area contributed by atoms with Gasteiger partial charge in [-0.05, 0) is 36.8 Å². The molecule has 2 heterocycles. The smallest absolute Gasteiger partial charge is 0.339 e. The molecule has 174 valence electrons. The van der Waals surface area contributed by atoms with Crippen LogP contribution in [-0.4, -0.2) is 27.8 Å². The first-order chi connectivity index (χ1) is 16.5. The van der Waals surface area contributed by atoms with Crippen LogP contribution in [0, 0.1) is 0 Å². The Bertz CT molecular complexity index is 1290. The molecule has 34 heavy (non-hydrogen) atoms. The van der Waals surface area contributed by atoms with Crippen molar-refractivity contribution in [1.29, 1.82) is 0 Å². The maximum atomic E-state index is 13.4. The molecule has 4 rings (SSSR count). The Morgan fingerprint density at radius 2 is 1.85 bits per heavy atom. The lowest BCUT2D eigenvalue weighted by atomic mass is 9.95. The molecule has 0 aliphatic heterocycles. The minimum atomic E-state index is -2.78. The number of carbonyl (C=O) groups is 1. The molecule has 0 aliphatic carbocycles. The van der Waals surface area contributed by atoms with E-state index in [1.165, 1.54) is 19.4 Å². The topological polar surface area (TPSA) is 66.2 Å². The number of hydrogen-bond acceptors (Lipinski definition) is 5. The number of ether oxygens (including phenoxy) is 2. The molecule has 0 spiro atoms. The lowest BCUT2D eigenvalue weighted by Gasteiger charge is -2.15. The monoisotopic (exact) mass is 463 g/mol. The van der Waals surface area contributed by atoms with E-state index < -0.39 is 18.1 Å². The zero-order valence-corrected chi connectivity index (χ0v) is 18.7. The Morgan fingerprint density at radius 3 is 2.53 bits per heavy atom.